The lowest BCUT2D eigenvalue weighted by atomic mass is 10.0. The molecule has 3 rings (SSSR count). The SMILES string of the molecule is c1ccc(CCc2nonc2CCc2ccccc2)cc1. The van der Waals surface area contributed by atoms with E-state index < -0.39 is 0 Å². The maximum absolute atomic E-state index is 4.92. The summed E-state index contributed by atoms with van der Waals surface area (Å²) in [6, 6.07) is 20.9. The molecular formula is C18H18N2O. The van der Waals surface area contributed by atoms with Gasteiger partial charge in [0.25, 0.3) is 0 Å². The first-order valence-corrected chi connectivity index (χ1v) is 7.30. The van der Waals surface area contributed by atoms with Crippen molar-refractivity contribution >= 4 is 0 Å². The standard InChI is InChI=1S/C18H18N2O/c1-3-7-15(8-4-1)11-13-17-18(20-21-19-17)14-12-16-9-5-2-6-10-16/h1-10H,11-14H2. The van der Waals surface area contributed by atoms with E-state index in [2.05, 4.69) is 58.8 Å². The average Bonchev–Trinajstić information content (AvgIpc) is 3.00. The molecular weight excluding hydrogens is 260 g/mol. The van der Waals surface area contributed by atoms with Crippen molar-refractivity contribution in [3.63, 3.8) is 0 Å². The highest BCUT2D eigenvalue weighted by Gasteiger charge is 2.10. The maximum Gasteiger partial charge on any atom is 0.108 e. The smallest absolute Gasteiger partial charge is 0.108 e. The topological polar surface area (TPSA) is 38.9 Å². The molecule has 0 fully saturated rings. The lowest BCUT2D eigenvalue weighted by Crippen LogP contribution is -1.99. The molecule has 0 unspecified atom stereocenters. The molecule has 0 aliphatic heterocycles. The van der Waals surface area contributed by atoms with Gasteiger partial charge in [-0.25, -0.2) is 4.63 Å². The highest BCUT2D eigenvalue weighted by Crippen LogP contribution is 2.12. The van der Waals surface area contributed by atoms with Crippen LogP contribution in [0.4, 0.5) is 0 Å². The van der Waals surface area contributed by atoms with Crippen molar-refractivity contribution in [2.45, 2.75) is 25.7 Å². The first kappa shape index (κ1) is 13.6. The molecule has 0 N–H and O–H groups in total. The average molecular weight is 278 g/mol. The van der Waals surface area contributed by atoms with E-state index in [1.165, 1.54) is 11.1 Å². The second kappa shape index (κ2) is 6.84. The van der Waals surface area contributed by atoms with Crippen molar-refractivity contribution in [1.29, 1.82) is 0 Å². The van der Waals surface area contributed by atoms with Gasteiger partial charge in [-0.15, -0.1) is 0 Å². The third-order valence-electron chi connectivity index (χ3n) is 3.62. The number of aromatic nitrogens is 2. The third-order valence-corrected chi connectivity index (χ3v) is 3.62. The summed E-state index contributed by atoms with van der Waals surface area (Å²) in [4.78, 5) is 0. The van der Waals surface area contributed by atoms with E-state index >= 15 is 0 Å². The van der Waals surface area contributed by atoms with Crippen LogP contribution >= 0.6 is 0 Å². The Balaban J connectivity index is 1.59. The number of benzene rings is 2. The second-order valence-electron chi connectivity index (χ2n) is 5.13. The molecule has 1 aromatic heterocycles. The Bertz CT molecular complexity index is 604. The van der Waals surface area contributed by atoms with E-state index in [1.807, 2.05) is 12.1 Å². The molecule has 0 amide bonds. The zero-order chi connectivity index (χ0) is 14.3. The van der Waals surface area contributed by atoms with Crippen LogP contribution in [0.2, 0.25) is 0 Å². The van der Waals surface area contributed by atoms with E-state index in [4.69, 9.17) is 4.63 Å². The zero-order valence-electron chi connectivity index (χ0n) is 11.9. The van der Waals surface area contributed by atoms with Gasteiger partial charge in [0.15, 0.2) is 0 Å². The molecule has 0 spiro atoms. The van der Waals surface area contributed by atoms with Gasteiger partial charge >= 0.3 is 0 Å². The lowest BCUT2D eigenvalue weighted by molar-refractivity contribution is 0.300. The summed E-state index contributed by atoms with van der Waals surface area (Å²) in [5, 5.41) is 8.11. The summed E-state index contributed by atoms with van der Waals surface area (Å²) < 4.78 is 4.92. The molecule has 0 aliphatic rings. The van der Waals surface area contributed by atoms with Gasteiger partial charge in [-0.1, -0.05) is 71.0 Å². The summed E-state index contributed by atoms with van der Waals surface area (Å²) >= 11 is 0. The fourth-order valence-electron chi connectivity index (χ4n) is 2.42. The Kier molecular flexibility index (Phi) is 4.42. The van der Waals surface area contributed by atoms with Gasteiger partial charge in [0.2, 0.25) is 0 Å². The summed E-state index contributed by atoms with van der Waals surface area (Å²) in [5.41, 5.74) is 4.59. The molecule has 1 heterocycles. The van der Waals surface area contributed by atoms with Crippen LogP contribution < -0.4 is 0 Å². The Hall–Kier alpha value is -2.42. The van der Waals surface area contributed by atoms with Gasteiger partial charge in [-0.3, -0.25) is 0 Å². The van der Waals surface area contributed by atoms with Crippen LogP contribution in [0.15, 0.2) is 65.3 Å². The molecule has 3 aromatic rings. The summed E-state index contributed by atoms with van der Waals surface area (Å²) in [6.07, 6.45) is 3.68. The highest BCUT2D eigenvalue weighted by atomic mass is 16.6. The molecule has 3 heteroatoms. The molecule has 3 nitrogen and oxygen atoms in total. The molecule has 0 saturated carbocycles. The molecule has 106 valence electrons. The van der Waals surface area contributed by atoms with Crippen molar-refractivity contribution in [3.05, 3.63) is 83.2 Å². The Morgan fingerprint density at radius 3 is 1.43 bits per heavy atom. The fourth-order valence-corrected chi connectivity index (χ4v) is 2.42. The summed E-state index contributed by atoms with van der Waals surface area (Å²) in [5.74, 6) is 0. The van der Waals surface area contributed by atoms with Gasteiger partial charge in [-0.2, -0.15) is 0 Å². The monoisotopic (exact) mass is 278 g/mol. The van der Waals surface area contributed by atoms with Crippen LogP contribution in [0.1, 0.15) is 22.5 Å². The number of hydrogen-bond donors (Lipinski definition) is 0. The van der Waals surface area contributed by atoms with Crippen LogP contribution in [0.25, 0.3) is 0 Å². The van der Waals surface area contributed by atoms with Gasteiger partial charge in [0.1, 0.15) is 11.4 Å². The van der Waals surface area contributed by atoms with Gasteiger partial charge in [-0.05, 0) is 36.8 Å². The fraction of sp³-hybridized carbons (Fsp3) is 0.222. The Morgan fingerprint density at radius 2 is 1.00 bits per heavy atom. The quantitative estimate of drug-likeness (QED) is 0.691. The first-order valence-electron chi connectivity index (χ1n) is 7.30. The molecule has 0 bridgehead atoms. The Labute approximate surface area is 124 Å². The second-order valence-corrected chi connectivity index (χ2v) is 5.13. The van der Waals surface area contributed by atoms with Crippen molar-refractivity contribution < 1.29 is 4.63 Å². The van der Waals surface area contributed by atoms with Crippen LogP contribution in [-0.2, 0) is 25.7 Å². The molecule has 0 atom stereocenters. The van der Waals surface area contributed by atoms with E-state index in [9.17, 15) is 0 Å². The highest BCUT2D eigenvalue weighted by molar-refractivity contribution is 5.19. The largest absolute Gasteiger partial charge is 0.244 e. The predicted molar refractivity (Wildman–Crippen MR) is 82.0 cm³/mol. The van der Waals surface area contributed by atoms with Crippen molar-refractivity contribution in [1.82, 2.24) is 10.3 Å². The van der Waals surface area contributed by atoms with Gasteiger partial charge in [0.05, 0.1) is 0 Å². The van der Waals surface area contributed by atoms with E-state index in [0.29, 0.717) is 0 Å². The number of nitrogens with zero attached hydrogens (tertiary/aromatic N) is 2. The molecule has 0 aliphatic carbocycles. The molecule has 2 aromatic carbocycles. The van der Waals surface area contributed by atoms with E-state index in [1.54, 1.807) is 0 Å². The van der Waals surface area contributed by atoms with Crippen LogP contribution in [0, 0.1) is 0 Å². The molecule has 0 saturated heterocycles. The van der Waals surface area contributed by atoms with E-state index in [-0.39, 0.29) is 0 Å². The molecule has 0 radical (unpaired) electrons. The minimum absolute atomic E-state index is 0.873. The predicted octanol–water partition coefficient (Wildman–Crippen LogP) is 3.64. The zero-order valence-corrected chi connectivity index (χ0v) is 11.9. The minimum atomic E-state index is 0.873. The number of rotatable bonds is 6. The summed E-state index contributed by atoms with van der Waals surface area (Å²) in [7, 11) is 0. The van der Waals surface area contributed by atoms with Gasteiger partial charge in [0, 0.05) is 0 Å². The lowest BCUT2D eigenvalue weighted by Gasteiger charge is -2.01. The van der Waals surface area contributed by atoms with Crippen molar-refractivity contribution in [2.75, 3.05) is 0 Å². The van der Waals surface area contributed by atoms with Crippen molar-refractivity contribution in [2.24, 2.45) is 0 Å². The van der Waals surface area contributed by atoms with Crippen LogP contribution in [-0.4, -0.2) is 10.3 Å². The van der Waals surface area contributed by atoms with Crippen molar-refractivity contribution in [3.8, 4) is 0 Å². The van der Waals surface area contributed by atoms with Crippen LogP contribution in [0.5, 0.6) is 0 Å². The Morgan fingerprint density at radius 1 is 0.571 bits per heavy atom. The molecule has 21 heavy (non-hydrogen) atoms. The van der Waals surface area contributed by atoms with Gasteiger partial charge < -0.3 is 0 Å². The first-order chi connectivity index (χ1) is 10.4. The van der Waals surface area contributed by atoms with Crippen LogP contribution in [0.3, 0.4) is 0 Å². The third kappa shape index (κ3) is 3.78. The number of aryl methyl sites for hydroxylation is 4. The summed E-state index contributed by atoms with van der Waals surface area (Å²) in [6.45, 7) is 0. The van der Waals surface area contributed by atoms with E-state index in [0.717, 1.165) is 37.1 Å². The normalized spacial score (nSPS) is 10.7. The number of hydrogen-bond acceptors (Lipinski definition) is 3. The maximum atomic E-state index is 4.92. The minimum Gasteiger partial charge on any atom is -0.244 e.